The number of pyridine rings is 1. The number of imidazole rings is 1. The highest BCUT2D eigenvalue weighted by Gasteiger charge is 2.22. The molecule has 0 atom stereocenters. The Labute approximate surface area is 174 Å². The first-order valence-electron chi connectivity index (χ1n) is 9.99. The number of piperidine rings is 1. The fourth-order valence-electron chi connectivity index (χ4n) is 4.06. The number of nitrogen functional groups attached to an aromatic ring is 1. The smallest absolute Gasteiger partial charge is 0.257 e. The topological polar surface area (TPSA) is 96.8 Å². The van der Waals surface area contributed by atoms with Crippen LogP contribution in [0.2, 0.25) is 0 Å². The number of carbonyl (C=O) groups is 1. The first kappa shape index (κ1) is 20.0. The van der Waals surface area contributed by atoms with E-state index in [2.05, 4.69) is 20.6 Å². The third-order valence-electron chi connectivity index (χ3n) is 5.49. The largest absolute Gasteiger partial charge is 0.398 e. The van der Waals surface area contributed by atoms with Crippen molar-refractivity contribution in [1.29, 1.82) is 0 Å². The summed E-state index contributed by atoms with van der Waals surface area (Å²) in [7, 11) is 1.68. The Morgan fingerprint density at radius 3 is 2.87 bits per heavy atom. The van der Waals surface area contributed by atoms with Gasteiger partial charge >= 0.3 is 0 Å². The number of hydrogen-bond acceptors (Lipinski definition) is 5. The van der Waals surface area contributed by atoms with E-state index in [1.807, 2.05) is 6.07 Å². The van der Waals surface area contributed by atoms with Crippen molar-refractivity contribution in [2.75, 3.05) is 31.2 Å². The minimum Gasteiger partial charge on any atom is -0.398 e. The number of benzene rings is 1. The van der Waals surface area contributed by atoms with Crippen LogP contribution in [-0.2, 0) is 0 Å². The molecular formula is C22H25FN6O. The van der Waals surface area contributed by atoms with E-state index in [0.717, 1.165) is 37.1 Å². The summed E-state index contributed by atoms with van der Waals surface area (Å²) >= 11 is 0. The molecule has 30 heavy (non-hydrogen) atoms. The van der Waals surface area contributed by atoms with Gasteiger partial charge in [0.2, 0.25) is 0 Å². The maximum atomic E-state index is 14.3. The average Bonchev–Trinajstić information content (AvgIpc) is 3.11. The fourth-order valence-corrected chi connectivity index (χ4v) is 4.06. The number of carbonyl (C=O) groups excluding carboxylic acids is 1. The Kier molecular flexibility index (Phi) is 5.50. The molecule has 0 aliphatic carbocycles. The van der Waals surface area contributed by atoms with Crippen LogP contribution >= 0.6 is 0 Å². The van der Waals surface area contributed by atoms with Crippen molar-refractivity contribution in [1.82, 2.24) is 14.7 Å². The predicted octanol–water partition coefficient (Wildman–Crippen LogP) is 3.13. The van der Waals surface area contributed by atoms with Crippen molar-refractivity contribution in [3.05, 3.63) is 58.8 Å². The van der Waals surface area contributed by atoms with Gasteiger partial charge in [-0.15, -0.1) is 0 Å². The van der Waals surface area contributed by atoms with E-state index >= 15 is 0 Å². The first-order chi connectivity index (χ1) is 14.5. The van der Waals surface area contributed by atoms with E-state index in [1.165, 1.54) is 6.07 Å². The van der Waals surface area contributed by atoms with Gasteiger partial charge in [-0.2, -0.15) is 0 Å². The van der Waals surface area contributed by atoms with Crippen LogP contribution in [0.25, 0.3) is 5.65 Å². The maximum Gasteiger partial charge on any atom is 0.257 e. The van der Waals surface area contributed by atoms with Crippen molar-refractivity contribution in [2.45, 2.75) is 25.7 Å². The number of nitrogens with two attached hydrogens (primary N) is 1. The van der Waals surface area contributed by atoms with Crippen molar-refractivity contribution in [3.8, 4) is 0 Å². The number of amides is 1. The van der Waals surface area contributed by atoms with Crippen molar-refractivity contribution in [3.63, 3.8) is 0 Å². The number of anilines is 2. The summed E-state index contributed by atoms with van der Waals surface area (Å²) in [5, 5.41) is 6.11. The summed E-state index contributed by atoms with van der Waals surface area (Å²) in [6, 6.07) is 4.96. The van der Waals surface area contributed by atoms with E-state index < -0.39 is 11.7 Å². The highest BCUT2D eigenvalue weighted by atomic mass is 19.1. The van der Waals surface area contributed by atoms with Gasteiger partial charge in [0.15, 0.2) is 11.5 Å². The molecule has 1 saturated heterocycles. The lowest BCUT2D eigenvalue weighted by Gasteiger charge is -2.25. The van der Waals surface area contributed by atoms with Gasteiger partial charge in [0.25, 0.3) is 5.91 Å². The van der Waals surface area contributed by atoms with E-state index in [1.54, 1.807) is 43.0 Å². The zero-order valence-corrected chi connectivity index (χ0v) is 17.1. The number of rotatable bonds is 4. The highest BCUT2D eigenvalue weighted by molar-refractivity contribution is 6.10. The van der Waals surface area contributed by atoms with Crippen LogP contribution in [0.5, 0.6) is 0 Å². The fraction of sp³-hybridized carbons (Fsp3) is 0.318. The first-order valence-corrected chi connectivity index (χ1v) is 9.99. The third kappa shape index (κ3) is 3.78. The number of aliphatic imine (C=N–C) groups is 1. The normalized spacial score (nSPS) is 15.2. The molecule has 0 unspecified atom stereocenters. The highest BCUT2D eigenvalue weighted by Crippen LogP contribution is 2.32. The Morgan fingerprint density at radius 1 is 1.37 bits per heavy atom. The number of aryl methyl sites for hydroxylation is 1. The van der Waals surface area contributed by atoms with Gasteiger partial charge in [-0.3, -0.25) is 9.79 Å². The lowest BCUT2D eigenvalue weighted by molar-refractivity contribution is 0.102. The molecule has 1 aromatic carbocycles. The number of fused-ring (bicyclic) bond motifs is 1. The molecule has 7 nitrogen and oxygen atoms in total. The molecule has 4 rings (SSSR count). The van der Waals surface area contributed by atoms with Crippen molar-refractivity contribution < 1.29 is 9.18 Å². The second-order valence-corrected chi connectivity index (χ2v) is 7.59. The molecule has 0 radical (unpaired) electrons. The minimum atomic E-state index is -0.506. The van der Waals surface area contributed by atoms with Gasteiger partial charge in [-0.05, 0) is 50.4 Å². The van der Waals surface area contributed by atoms with Gasteiger partial charge in [0, 0.05) is 37.3 Å². The summed E-state index contributed by atoms with van der Waals surface area (Å²) in [4.78, 5) is 21.2. The van der Waals surface area contributed by atoms with Crippen LogP contribution in [0.3, 0.4) is 0 Å². The van der Waals surface area contributed by atoms with Crippen molar-refractivity contribution >= 4 is 29.1 Å². The van der Waals surface area contributed by atoms with Crippen LogP contribution in [0.15, 0.2) is 35.6 Å². The monoisotopic (exact) mass is 408 g/mol. The summed E-state index contributed by atoms with van der Waals surface area (Å²) < 4.78 is 15.9. The van der Waals surface area contributed by atoms with Gasteiger partial charge in [-0.1, -0.05) is 6.07 Å². The Balaban J connectivity index is 1.66. The number of nitrogens with zero attached hydrogens (tertiary/aromatic N) is 3. The SMILES string of the molecule is CN=Cc1c(C2CCNCC2)ccc(C(=O)Nc2cc(F)c3nc(C)cn3c2)c1N. The van der Waals surface area contributed by atoms with Gasteiger partial charge < -0.3 is 20.8 Å². The predicted molar refractivity (Wildman–Crippen MR) is 117 cm³/mol. The van der Waals surface area contributed by atoms with Gasteiger partial charge in [0.1, 0.15) is 0 Å². The summed E-state index contributed by atoms with van der Waals surface area (Å²) in [6.45, 7) is 3.70. The summed E-state index contributed by atoms with van der Waals surface area (Å²) in [5.74, 6) is -0.528. The number of hydrogen-bond donors (Lipinski definition) is 3. The lowest BCUT2D eigenvalue weighted by Crippen LogP contribution is -2.27. The molecule has 8 heteroatoms. The Morgan fingerprint density at radius 2 is 2.13 bits per heavy atom. The molecule has 1 fully saturated rings. The second kappa shape index (κ2) is 8.23. The molecule has 0 bridgehead atoms. The summed E-state index contributed by atoms with van der Waals surface area (Å²) in [6.07, 6.45) is 7.07. The van der Waals surface area contributed by atoms with E-state index in [-0.39, 0.29) is 5.65 Å². The molecule has 4 N–H and O–H groups in total. The van der Waals surface area contributed by atoms with Gasteiger partial charge in [0.05, 0.1) is 22.6 Å². The third-order valence-corrected chi connectivity index (χ3v) is 5.49. The number of nitrogens with one attached hydrogen (secondary N) is 2. The van der Waals surface area contributed by atoms with Crippen LogP contribution < -0.4 is 16.4 Å². The molecule has 1 aliphatic heterocycles. The van der Waals surface area contributed by atoms with E-state index in [9.17, 15) is 9.18 Å². The molecule has 1 aliphatic rings. The van der Waals surface area contributed by atoms with Crippen LogP contribution in [0, 0.1) is 12.7 Å². The molecular weight excluding hydrogens is 383 g/mol. The molecule has 0 spiro atoms. The van der Waals surface area contributed by atoms with Gasteiger partial charge in [-0.25, -0.2) is 9.37 Å². The Bertz CT molecular complexity index is 1130. The molecule has 1 amide bonds. The van der Waals surface area contributed by atoms with E-state index in [0.29, 0.717) is 28.6 Å². The van der Waals surface area contributed by atoms with Crippen LogP contribution in [0.1, 0.15) is 45.9 Å². The molecule has 3 aromatic rings. The lowest BCUT2D eigenvalue weighted by atomic mass is 9.85. The van der Waals surface area contributed by atoms with E-state index in [4.69, 9.17) is 5.73 Å². The average molecular weight is 408 g/mol. The minimum absolute atomic E-state index is 0.220. The second-order valence-electron chi connectivity index (χ2n) is 7.59. The quantitative estimate of drug-likeness (QED) is 0.456. The van der Waals surface area contributed by atoms with Crippen molar-refractivity contribution in [2.24, 2.45) is 4.99 Å². The standard InChI is InChI=1S/C22H25FN6O/c1-13-11-29-12-15(9-19(23)21(29)27-13)28-22(30)17-4-3-16(14-5-7-26-8-6-14)18(10-25-2)20(17)24/h3-4,9-12,14,26H,5-8,24H2,1-2H3,(H,28,30). The van der Waals surface area contributed by atoms with Crippen LogP contribution in [0.4, 0.5) is 15.8 Å². The summed E-state index contributed by atoms with van der Waals surface area (Å²) in [5.41, 5.74) is 10.3. The maximum absolute atomic E-state index is 14.3. The number of halogens is 1. The number of aromatic nitrogens is 2. The molecule has 156 valence electrons. The molecule has 3 heterocycles. The zero-order valence-electron chi connectivity index (χ0n) is 17.1. The molecule has 2 aromatic heterocycles. The van der Waals surface area contributed by atoms with Crippen LogP contribution in [-0.4, -0.2) is 41.6 Å². The Hall–Kier alpha value is -3.26. The zero-order chi connectivity index (χ0) is 21.3. The molecule has 0 saturated carbocycles.